The molecule has 0 spiro atoms. The zero-order valence-electron chi connectivity index (χ0n) is 9.12. The summed E-state index contributed by atoms with van der Waals surface area (Å²) in [6.45, 7) is 0. The molecule has 1 fully saturated rings. The first-order valence-corrected chi connectivity index (χ1v) is 5.71. The van der Waals surface area contributed by atoms with E-state index in [-0.39, 0.29) is 11.9 Å². The summed E-state index contributed by atoms with van der Waals surface area (Å²) in [6.07, 6.45) is 6.27. The number of hydrogen-bond acceptors (Lipinski definition) is 2. The van der Waals surface area contributed by atoms with Crippen molar-refractivity contribution in [2.45, 2.75) is 38.2 Å². The third kappa shape index (κ3) is 2.60. The van der Waals surface area contributed by atoms with E-state index in [0.29, 0.717) is 11.8 Å². The number of rotatable bonds is 3. The molecule has 1 saturated carbocycles. The van der Waals surface area contributed by atoms with Crippen LogP contribution in [0.5, 0.6) is 5.75 Å². The number of carbonyl (C=O) groups is 1. The first-order chi connectivity index (χ1) is 7.79. The van der Waals surface area contributed by atoms with Crippen LogP contribution in [-0.2, 0) is 0 Å². The summed E-state index contributed by atoms with van der Waals surface area (Å²) in [5, 5.41) is 0. The molecule has 2 nitrogen and oxygen atoms in total. The third-order valence-corrected chi connectivity index (χ3v) is 2.94. The highest BCUT2D eigenvalue weighted by atomic mass is 19.1. The van der Waals surface area contributed by atoms with Crippen LogP contribution in [0.3, 0.4) is 0 Å². The minimum atomic E-state index is -0.392. The molecule has 0 radical (unpaired) electrons. The minimum Gasteiger partial charge on any atom is -0.487 e. The topological polar surface area (TPSA) is 26.3 Å². The van der Waals surface area contributed by atoms with Crippen molar-refractivity contribution in [3.8, 4) is 5.75 Å². The molecule has 0 atom stereocenters. The Balaban J connectivity index is 2.09. The van der Waals surface area contributed by atoms with E-state index >= 15 is 0 Å². The van der Waals surface area contributed by atoms with E-state index < -0.39 is 5.82 Å². The van der Waals surface area contributed by atoms with Crippen LogP contribution in [0.1, 0.15) is 42.5 Å². The van der Waals surface area contributed by atoms with Gasteiger partial charge in [0, 0.05) is 5.56 Å². The Morgan fingerprint density at radius 2 is 2.00 bits per heavy atom. The molecule has 0 saturated heterocycles. The fraction of sp³-hybridized carbons (Fsp3) is 0.462. The number of aldehydes is 1. The maximum atomic E-state index is 13.4. The number of hydrogen-bond donors (Lipinski definition) is 0. The molecule has 16 heavy (non-hydrogen) atoms. The average Bonchev–Trinajstić information content (AvgIpc) is 2.33. The first-order valence-electron chi connectivity index (χ1n) is 5.71. The van der Waals surface area contributed by atoms with Gasteiger partial charge >= 0.3 is 0 Å². The zero-order valence-corrected chi connectivity index (χ0v) is 9.12. The molecule has 0 heterocycles. The molecule has 0 unspecified atom stereocenters. The summed E-state index contributed by atoms with van der Waals surface area (Å²) in [6, 6.07) is 4.20. The van der Waals surface area contributed by atoms with Crippen LogP contribution in [0.4, 0.5) is 4.39 Å². The molecule has 86 valence electrons. The quantitative estimate of drug-likeness (QED) is 0.733. The smallest absolute Gasteiger partial charge is 0.165 e. The summed E-state index contributed by atoms with van der Waals surface area (Å²) >= 11 is 0. The Labute approximate surface area is 94.4 Å². The fourth-order valence-corrected chi connectivity index (χ4v) is 2.05. The standard InChI is InChI=1S/C13H15FO2/c14-12-7-6-10(9-15)8-13(12)16-11-4-2-1-3-5-11/h6-9,11H,1-5H2. The highest BCUT2D eigenvalue weighted by molar-refractivity contribution is 5.75. The molecular weight excluding hydrogens is 207 g/mol. The summed E-state index contributed by atoms with van der Waals surface area (Å²) in [4.78, 5) is 10.6. The predicted molar refractivity (Wildman–Crippen MR) is 59.3 cm³/mol. The molecule has 1 aromatic carbocycles. The fourth-order valence-electron chi connectivity index (χ4n) is 2.05. The third-order valence-electron chi connectivity index (χ3n) is 2.94. The van der Waals surface area contributed by atoms with E-state index in [9.17, 15) is 9.18 Å². The molecule has 0 N–H and O–H groups in total. The number of halogens is 1. The van der Waals surface area contributed by atoms with Gasteiger partial charge in [-0.05, 0) is 43.9 Å². The molecule has 0 bridgehead atoms. The average molecular weight is 222 g/mol. The second-order valence-electron chi connectivity index (χ2n) is 4.19. The maximum Gasteiger partial charge on any atom is 0.165 e. The van der Waals surface area contributed by atoms with Crippen LogP contribution >= 0.6 is 0 Å². The van der Waals surface area contributed by atoms with E-state index in [1.165, 1.54) is 24.6 Å². The van der Waals surface area contributed by atoms with Crippen molar-refractivity contribution in [3.63, 3.8) is 0 Å². The van der Waals surface area contributed by atoms with Crippen LogP contribution < -0.4 is 4.74 Å². The SMILES string of the molecule is O=Cc1ccc(F)c(OC2CCCCC2)c1. The first kappa shape index (κ1) is 11.1. The van der Waals surface area contributed by atoms with Crippen molar-refractivity contribution < 1.29 is 13.9 Å². The summed E-state index contributed by atoms with van der Waals surface area (Å²) < 4.78 is 19.0. The van der Waals surface area contributed by atoms with E-state index in [1.807, 2.05) is 0 Å². The van der Waals surface area contributed by atoms with E-state index in [4.69, 9.17) is 4.74 Å². The molecular formula is C13H15FO2. The van der Waals surface area contributed by atoms with Crippen LogP contribution in [0.2, 0.25) is 0 Å². The summed E-state index contributed by atoms with van der Waals surface area (Å²) in [7, 11) is 0. The zero-order chi connectivity index (χ0) is 11.4. The molecule has 1 aliphatic carbocycles. The lowest BCUT2D eigenvalue weighted by Crippen LogP contribution is -2.20. The Bertz CT molecular complexity index is 370. The van der Waals surface area contributed by atoms with Gasteiger partial charge in [-0.1, -0.05) is 6.42 Å². The lowest BCUT2D eigenvalue weighted by Gasteiger charge is -2.23. The lowest BCUT2D eigenvalue weighted by atomic mass is 9.98. The van der Waals surface area contributed by atoms with E-state index in [2.05, 4.69) is 0 Å². The second-order valence-corrected chi connectivity index (χ2v) is 4.19. The van der Waals surface area contributed by atoms with Crippen LogP contribution in [-0.4, -0.2) is 12.4 Å². The molecule has 3 heteroatoms. The summed E-state index contributed by atoms with van der Waals surface area (Å²) in [5.74, 6) is -0.187. The second kappa shape index (κ2) is 5.10. The number of benzene rings is 1. The van der Waals surface area contributed by atoms with Crippen molar-refractivity contribution in [2.24, 2.45) is 0 Å². The van der Waals surface area contributed by atoms with Crippen LogP contribution in [0.15, 0.2) is 18.2 Å². The normalized spacial score (nSPS) is 17.1. The van der Waals surface area contributed by atoms with Crippen LogP contribution in [0, 0.1) is 5.82 Å². The highest BCUT2D eigenvalue weighted by Crippen LogP contribution is 2.25. The van der Waals surface area contributed by atoms with Crippen molar-refractivity contribution in [3.05, 3.63) is 29.6 Å². The van der Waals surface area contributed by atoms with Crippen molar-refractivity contribution in [2.75, 3.05) is 0 Å². The molecule has 1 aromatic rings. The molecule has 2 rings (SSSR count). The van der Waals surface area contributed by atoms with E-state index in [1.54, 1.807) is 0 Å². The maximum absolute atomic E-state index is 13.4. The summed E-state index contributed by atoms with van der Waals surface area (Å²) in [5.41, 5.74) is 0.451. The minimum absolute atomic E-state index is 0.102. The molecule has 1 aliphatic rings. The van der Waals surface area contributed by atoms with Gasteiger partial charge in [0.25, 0.3) is 0 Å². The molecule has 0 amide bonds. The molecule has 0 aliphatic heterocycles. The van der Waals surface area contributed by atoms with Gasteiger partial charge in [-0.15, -0.1) is 0 Å². The van der Waals surface area contributed by atoms with Gasteiger partial charge in [0.05, 0.1) is 6.10 Å². The largest absolute Gasteiger partial charge is 0.487 e. The number of ether oxygens (including phenoxy) is 1. The molecule has 0 aromatic heterocycles. The Morgan fingerprint density at radius 1 is 1.25 bits per heavy atom. The van der Waals surface area contributed by atoms with Crippen molar-refractivity contribution >= 4 is 6.29 Å². The Morgan fingerprint density at radius 3 is 2.69 bits per heavy atom. The van der Waals surface area contributed by atoms with Crippen molar-refractivity contribution in [1.29, 1.82) is 0 Å². The monoisotopic (exact) mass is 222 g/mol. The van der Waals surface area contributed by atoms with Gasteiger partial charge in [-0.25, -0.2) is 4.39 Å². The van der Waals surface area contributed by atoms with Gasteiger partial charge in [-0.2, -0.15) is 0 Å². The van der Waals surface area contributed by atoms with Gasteiger partial charge in [-0.3, -0.25) is 4.79 Å². The Hall–Kier alpha value is -1.38. The predicted octanol–water partition coefficient (Wildman–Crippen LogP) is 3.35. The highest BCUT2D eigenvalue weighted by Gasteiger charge is 2.16. The van der Waals surface area contributed by atoms with Gasteiger partial charge in [0.1, 0.15) is 6.29 Å². The lowest BCUT2D eigenvalue weighted by molar-refractivity contribution is 0.112. The van der Waals surface area contributed by atoms with E-state index in [0.717, 1.165) is 25.7 Å². The van der Waals surface area contributed by atoms with Gasteiger partial charge in [0.15, 0.2) is 11.6 Å². The van der Waals surface area contributed by atoms with Gasteiger partial charge in [0.2, 0.25) is 0 Å². The Kier molecular flexibility index (Phi) is 3.54. The number of carbonyl (C=O) groups excluding carboxylic acids is 1. The van der Waals surface area contributed by atoms with Crippen LogP contribution in [0.25, 0.3) is 0 Å². The van der Waals surface area contributed by atoms with Gasteiger partial charge < -0.3 is 4.74 Å². The van der Waals surface area contributed by atoms with Crippen molar-refractivity contribution in [1.82, 2.24) is 0 Å².